The van der Waals surface area contributed by atoms with E-state index in [1.807, 2.05) is 24.3 Å². The Morgan fingerprint density at radius 2 is 1.76 bits per heavy atom. The van der Waals surface area contributed by atoms with Crippen LogP contribution in [0.3, 0.4) is 0 Å². The first-order valence-electron chi connectivity index (χ1n) is 6.91. The molecule has 5 heteroatoms. The molecule has 1 atom stereocenters. The molecule has 2 aromatic carbocycles. The highest BCUT2D eigenvalue weighted by atomic mass is 32.2. The van der Waals surface area contributed by atoms with Crippen LogP contribution in [0.25, 0.3) is 0 Å². The van der Waals surface area contributed by atoms with E-state index < -0.39 is 15.1 Å². The van der Waals surface area contributed by atoms with E-state index in [2.05, 4.69) is 5.32 Å². The Balaban J connectivity index is 2.13. The number of hydrogen-bond acceptors (Lipinski definition) is 4. The van der Waals surface area contributed by atoms with E-state index in [4.69, 9.17) is 0 Å². The summed E-state index contributed by atoms with van der Waals surface area (Å²) in [6, 6.07) is 13.7. The number of para-hydroxylation sites is 1. The lowest BCUT2D eigenvalue weighted by Crippen LogP contribution is -2.26. The van der Waals surface area contributed by atoms with Crippen molar-refractivity contribution < 1.29 is 13.5 Å². The van der Waals surface area contributed by atoms with Gasteiger partial charge in [-0.2, -0.15) is 0 Å². The Hall–Kier alpha value is -1.85. The van der Waals surface area contributed by atoms with Gasteiger partial charge in [-0.15, -0.1) is 0 Å². The molecule has 1 aliphatic heterocycles. The predicted molar refractivity (Wildman–Crippen MR) is 81.0 cm³/mol. The van der Waals surface area contributed by atoms with Crippen molar-refractivity contribution in [1.29, 1.82) is 0 Å². The van der Waals surface area contributed by atoms with Crippen LogP contribution in [0.2, 0.25) is 0 Å². The molecule has 4 nitrogen and oxygen atoms in total. The van der Waals surface area contributed by atoms with Gasteiger partial charge in [0.25, 0.3) is 0 Å². The molecule has 0 saturated carbocycles. The standard InChI is InChI=1S/C16H17NO3S/c18-14-7-3-4-8-15(14)21(19,20)16-11-17-10-9-12-5-1-2-6-13(12)16/h1-8,16-18H,9-11H2. The van der Waals surface area contributed by atoms with Crippen LogP contribution in [0.1, 0.15) is 16.4 Å². The third-order valence-electron chi connectivity index (χ3n) is 3.85. The van der Waals surface area contributed by atoms with Crippen LogP contribution >= 0.6 is 0 Å². The number of benzene rings is 2. The predicted octanol–water partition coefficient (Wildman–Crippen LogP) is 2.05. The Kier molecular flexibility index (Phi) is 3.69. The fourth-order valence-electron chi connectivity index (χ4n) is 2.77. The van der Waals surface area contributed by atoms with Crippen LogP contribution in [-0.2, 0) is 16.3 Å². The third-order valence-corrected chi connectivity index (χ3v) is 5.98. The van der Waals surface area contributed by atoms with Crippen LogP contribution in [0.15, 0.2) is 53.4 Å². The Morgan fingerprint density at radius 3 is 2.57 bits per heavy atom. The average molecular weight is 303 g/mol. The normalized spacial score (nSPS) is 18.8. The Labute approximate surface area is 124 Å². The quantitative estimate of drug-likeness (QED) is 0.891. The second kappa shape index (κ2) is 5.50. The van der Waals surface area contributed by atoms with Crippen molar-refractivity contribution in [3.63, 3.8) is 0 Å². The molecule has 3 rings (SSSR count). The largest absolute Gasteiger partial charge is 0.507 e. The minimum absolute atomic E-state index is 0.00602. The highest BCUT2D eigenvalue weighted by Gasteiger charge is 2.33. The third kappa shape index (κ3) is 2.54. The van der Waals surface area contributed by atoms with Crippen molar-refractivity contribution >= 4 is 9.84 Å². The molecular formula is C16H17NO3S. The van der Waals surface area contributed by atoms with Gasteiger partial charge in [-0.3, -0.25) is 0 Å². The first-order chi connectivity index (χ1) is 10.1. The maximum atomic E-state index is 12.9. The van der Waals surface area contributed by atoms with Crippen molar-refractivity contribution in [3.05, 3.63) is 59.7 Å². The van der Waals surface area contributed by atoms with E-state index in [-0.39, 0.29) is 10.6 Å². The molecule has 0 spiro atoms. The first kappa shape index (κ1) is 14.1. The van der Waals surface area contributed by atoms with Crippen LogP contribution < -0.4 is 5.32 Å². The maximum Gasteiger partial charge on any atom is 0.190 e. The lowest BCUT2D eigenvalue weighted by Gasteiger charge is -2.19. The minimum atomic E-state index is -3.64. The summed E-state index contributed by atoms with van der Waals surface area (Å²) in [6.45, 7) is 1.11. The minimum Gasteiger partial charge on any atom is -0.507 e. The van der Waals surface area contributed by atoms with Crippen LogP contribution in [0.5, 0.6) is 5.75 Å². The number of sulfone groups is 1. The molecule has 0 bridgehead atoms. The van der Waals surface area contributed by atoms with E-state index in [1.165, 1.54) is 12.1 Å². The van der Waals surface area contributed by atoms with Gasteiger partial charge in [0.15, 0.2) is 9.84 Å². The lowest BCUT2D eigenvalue weighted by molar-refractivity contribution is 0.458. The molecule has 0 aliphatic carbocycles. The molecule has 0 amide bonds. The SMILES string of the molecule is O=S(=O)(c1ccccc1O)C1CNCCc2ccccc21. The van der Waals surface area contributed by atoms with E-state index in [0.29, 0.717) is 6.54 Å². The fraction of sp³-hybridized carbons (Fsp3) is 0.250. The Morgan fingerprint density at radius 1 is 1.05 bits per heavy atom. The zero-order valence-electron chi connectivity index (χ0n) is 11.5. The number of rotatable bonds is 2. The summed E-state index contributed by atoms with van der Waals surface area (Å²) in [5.41, 5.74) is 1.87. The number of phenols is 1. The molecule has 0 aromatic heterocycles. The lowest BCUT2D eigenvalue weighted by atomic mass is 10.0. The van der Waals surface area contributed by atoms with E-state index in [9.17, 15) is 13.5 Å². The van der Waals surface area contributed by atoms with Gasteiger partial charge in [0.05, 0.1) is 0 Å². The second-order valence-corrected chi connectivity index (χ2v) is 7.25. The van der Waals surface area contributed by atoms with E-state index in [0.717, 1.165) is 24.1 Å². The zero-order valence-corrected chi connectivity index (χ0v) is 12.3. The van der Waals surface area contributed by atoms with Gasteiger partial charge < -0.3 is 10.4 Å². The molecule has 1 unspecified atom stereocenters. The molecule has 0 radical (unpaired) electrons. The van der Waals surface area contributed by atoms with Crippen LogP contribution in [-0.4, -0.2) is 26.6 Å². The maximum absolute atomic E-state index is 12.9. The van der Waals surface area contributed by atoms with Crippen molar-refractivity contribution in [2.45, 2.75) is 16.6 Å². The summed E-state index contributed by atoms with van der Waals surface area (Å²) >= 11 is 0. The molecule has 110 valence electrons. The molecule has 2 aromatic rings. The van der Waals surface area contributed by atoms with Crippen LogP contribution in [0.4, 0.5) is 0 Å². The molecular weight excluding hydrogens is 286 g/mol. The van der Waals surface area contributed by atoms with Gasteiger partial charge >= 0.3 is 0 Å². The summed E-state index contributed by atoms with van der Waals surface area (Å²) in [4.78, 5) is -0.00602. The number of fused-ring (bicyclic) bond motifs is 1. The van der Waals surface area contributed by atoms with E-state index >= 15 is 0 Å². The van der Waals surface area contributed by atoms with Crippen molar-refractivity contribution in [2.24, 2.45) is 0 Å². The Bertz CT molecular complexity index is 756. The summed E-state index contributed by atoms with van der Waals surface area (Å²) in [7, 11) is -3.64. The van der Waals surface area contributed by atoms with Gasteiger partial charge in [0.2, 0.25) is 0 Å². The molecule has 1 aliphatic rings. The summed E-state index contributed by atoms with van der Waals surface area (Å²) in [6.07, 6.45) is 0.808. The molecule has 0 fully saturated rings. The number of aromatic hydroxyl groups is 1. The van der Waals surface area contributed by atoms with Gasteiger partial charge in [-0.1, -0.05) is 36.4 Å². The first-order valence-corrected chi connectivity index (χ1v) is 8.46. The topological polar surface area (TPSA) is 66.4 Å². The van der Waals surface area contributed by atoms with Gasteiger partial charge in [0, 0.05) is 6.54 Å². The highest BCUT2D eigenvalue weighted by molar-refractivity contribution is 7.91. The molecule has 2 N–H and O–H groups in total. The molecule has 0 saturated heterocycles. The smallest absolute Gasteiger partial charge is 0.190 e. The number of nitrogens with one attached hydrogen (secondary N) is 1. The van der Waals surface area contributed by atoms with Gasteiger partial charge in [-0.25, -0.2) is 8.42 Å². The van der Waals surface area contributed by atoms with Crippen molar-refractivity contribution in [2.75, 3.05) is 13.1 Å². The summed E-state index contributed by atoms with van der Waals surface area (Å²) in [5, 5.41) is 12.4. The molecule has 21 heavy (non-hydrogen) atoms. The van der Waals surface area contributed by atoms with Crippen molar-refractivity contribution in [1.82, 2.24) is 5.32 Å². The summed E-state index contributed by atoms with van der Waals surface area (Å²) < 4.78 is 25.8. The van der Waals surface area contributed by atoms with Gasteiger partial charge in [-0.05, 0) is 36.2 Å². The van der Waals surface area contributed by atoms with E-state index in [1.54, 1.807) is 12.1 Å². The fourth-order valence-corrected chi connectivity index (χ4v) is 4.61. The van der Waals surface area contributed by atoms with Crippen LogP contribution in [0, 0.1) is 0 Å². The average Bonchev–Trinajstić information content (AvgIpc) is 2.70. The molecule has 1 heterocycles. The van der Waals surface area contributed by atoms with Crippen molar-refractivity contribution in [3.8, 4) is 5.75 Å². The zero-order chi connectivity index (χ0) is 14.9. The monoisotopic (exact) mass is 303 g/mol. The second-order valence-electron chi connectivity index (χ2n) is 5.15. The van der Waals surface area contributed by atoms with Gasteiger partial charge in [0.1, 0.15) is 15.9 Å². The summed E-state index contributed by atoms with van der Waals surface area (Å²) in [5.74, 6) is -0.195. The highest BCUT2D eigenvalue weighted by Crippen LogP contribution is 2.35. The number of phenolic OH excluding ortho intramolecular Hbond substituents is 1. The number of hydrogen-bond donors (Lipinski definition) is 2.